The molecule has 2 fully saturated rings. The Hall–Kier alpha value is -4.51. The molecule has 6 rings (SSSR count). The quantitative estimate of drug-likeness (QED) is 0.103. The van der Waals surface area contributed by atoms with Crippen LogP contribution in [0.4, 0.5) is 5.69 Å². The van der Waals surface area contributed by atoms with Gasteiger partial charge in [-0.3, -0.25) is 14.5 Å². The Labute approximate surface area is 342 Å². The summed E-state index contributed by atoms with van der Waals surface area (Å²) >= 11 is 1.14. The van der Waals surface area contributed by atoms with Gasteiger partial charge in [0, 0.05) is 72.1 Å². The average molecular weight is 818 g/mol. The smallest absolute Gasteiger partial charge is 0.251 e. The lowest BCUT2D eigenvalue weighted by atomic mass is 9.89. The Morgan fingerprint density at radius 2 is 1.72 bits per heavy atom. The summed E-state index contributed by atoms with van der Waals surface area (Å²) in [5, 5.41) is 53.0. The summed E-state index contributed by atoms with van der Waals surface area (Å²) in [6.07, 6.45) is -1.52. The lowest BCUT2D eigenvalue weighted by molar-refractivity contribution is -0.254. The number of hydrogen-bond acceptors (Lipinski definition) is 12. The van der Waals surface area contributed by atoms with Gasteiger partial charge in [0.25, 0.3) is 5.91 Å². The lowest BCUT2D eigenvalue weighted by Gasteiger charge is -2.45. The fourth-order valence-corrected chi connectivity index (χ4v) is 8.99. The van der Waals surface area contributed by atoms with Crippen LogP contribution < -0.4 is 30.6 Å². The Morgan fingerprint density at radius 3 is 2.38 bits per heavy atom. The first-order valence-electron chi connectivity index (χ1n) is 19.6. The van der Waals surface area contributed by atoms with Gasteiger partial charge >= 0.3 is 0 Å². The molecule has 2 amide bonds. The van der Waals surface area contributed by atoms with E-state index < -0.39 is 59.9 Å². The molecule has 312 valence electrons. The van der Waals surface area contributed by atoms with E-state index in [1.165, 1.54) is 12.1 Å². The van der Waals surface area contributed by atoms with E-state index in [2.05, 4.69) is 17.6 Å². The molecule has 3 heterocycles. The van der Waals surface area contributed by atoms with Crippen molar-refractivity contribution in [3.63, 3.8) is 0 Å². The second kappa shape index (κ2) is 17.8. The molecule has 15 heteroatoms. The van der Waals surface area contributed by atoms with Crippen LogP contribution in [-0.4, -0.2) is 134 Å². The third kappa shape index (κ3) is 8.61. The predicted molar refractivity (Wildman–Crippen MR) is 223 cm³/mol. The second-order valence-electron chi connectivity index (χ2n) is 16.0. The highest BCUT2D eigenvalue weighted by molar-refractivity contribution is 7.99. The third-order valence-electron chi connectivity index (χ3n) is 11.5. The van der Waals surface area contributed by atoms with Gasteiger partial charge in [0.15, 0.2) is 0 Å². The number of rotatable bonds is 12. The van der Waals surface area contributed by atoms with Crippen LogP contribution in [0.15, 0.2) is 59.0 Å². The van der Waals surface area contributed by atoms with Crippen LogP contribution in [0, 0.1) is 5.92 Å². The molecule has 9 atom stereocenters. The monoisotopic (exact) mass is 817 g/mol. The largest absolute Gasteiger partial charge is 0.545 e. The van der Waals surface area contributed by atoms with E-state index in [1.807, 2.05) is 86.0 Å². The predicted octanol–water partition coefficient (Wildman–Crippen LogP) is 1.56. The number of nitrogens with one attached hydrogen (secondary N) is 2. The number of anilines is 1. The van der Waals surface area contributed by atoms with Crippen molar-refractivity contribution in [2.24, 2.45) is 5.92 Å². The molecule has 14 nitrogen and oxygen atoms in total. The Kier molecular flexibility index (Phi) is 13.2. The molecule has 2 aromatic rings. The maximum absolute atomic E-state index is 14.1. The van der Waals surface area contributed by atoms with Gasteiger partial charge in [-0.1, -0.05) is 19.4 Å². The van der Waals surface area contributed by atoms with E-state index in [9.17, 15) is 34.8 Å². The van der Waals surface area contributed by atoms with Crippen LogP contribution in [0.3, 0.4) is 0 Å². The van der Waals surface area contributed by atoms with Crippen LogP contribution in [0.5, 0.6) is 0 Å². The van der Waals surface area contributed by atoms with E-state index in [4.69, 9.17) is 9.15 Å². The number of thioether (sulfide) groups is 1. The average Bonchev–Trinajstić information content (AvgIpc) is 3.57. The van der Waals surface area contributed by atoms with Crippen molar-refractivity contribution in [1.82, 2.24) is 20.1 Å². The number of ether oxygens (including phenoxy) is 1. The van der Waals surface area contributed by atoms with E-state index in [0.717, 1.165) is 42.2 Å². The zero-order valence-corrected chi connectivity index (χ0v) is 35.1. The minimum absolute atomic E-state index is 0.0133. The minimum atomic E-state index is -1.61. The number of carboxylic acids is 1. The topological polar surface area (TPSA) is 191 Å². The highest BCUT2D eigenvalue weighted by Gasteiger charge is 2.49. The van der Waals surface area contributed by atoms with Crippen LogP contribution in [0.2, 0.25) is 0 Å². The number of amides is 2. The van der Waals surface area contributed by atoms with Gasteiger partial charge < -0.3 is 49.9 Å². The van der Waals surface area contributed by atoms with E-state index in [-0.39, 0.29) is 17.0 Å². The third-order valence-corrected chi connectivity index (χ3v) is 12.4. The number of likely N-dealkylation sites (N-methyl/N-ethyl adjacent to an activating group) is 1. The number of benzene rings is 3. The van der Waals surface area contributed by atoms with Crippen molar-refractivity contribution >= 4 is 46.2 Å². The molecule has 0 radical (unpaired) electrons. The molecule has 1 aliphatic carbocycles. The number of aliphatic hydroxyl groups is 3. The Morgan fingerprint density at radius 1 is 1.00 bits per heavy atom. The molecular weight excluding hydrogens is 763 g/mol. The fourth-order valence-electron chi connectivity index (χ4n) is 8.31. The van der Waals surface area contributed by atoms with Crippen molar-refractivity contribution in [1.29, 1.82) is 0 Å². The lowest BCUT2D eigenvalue weighted by Crippen LogP contribution is -2.67. The number of fused-ring (bicyclic) bond motifs is 2. The maximum Gasteiger partial charge on any atom is 0.251 e. The van der Waals surface area contributed by atoms with Gasteiger partial charge in [-0.05, 0) is 74.9 Å². The summed E-state index contributed by atoms with van der Waals surface area (Å²) < 4.78 is 14.5. The minimum Gasteiger partial charge on any atom is -0.545 e. The SMILES string of the molecule is CCC[C@@H]1CC(C(=O)N[C@H](C(C)NC(=O)c2ccc(-c3c4ccc(=[N+](C)C)cc-4oc4cc(N(C)C)ccc34)c(C(=O)[O-])c2)C2O[C@H](SC)[C@H](O)[C@@H](O)[C@H]2O)N(C)C1. The van der Waals surface area contributed by atoms with Crippen LogP contribution in [0.25, 0.3) is 33.4 Å². The Balaban J connectivity index is 1.36. The van der Waals surface area contributed by atoms with E-state index >= 15 is 0 Å². The van der Waals surface area contributed by atoms with Crippen molar-refractivity contribution in [3.05, 3.63) is 71.1 Å². The first-order valence-corrected chi connectivity index (χ1v) is 20.9. The first-order chi connectivity index (χ1) is 27.5. The second-order valence-corrected chi connectivity index (χ2v) is 16.9. The summed E-state index contributed by atoms with van der Waals surface area (Å²) in [6, 6.07) is 13.3. The molecule has 0 saturated carbocycles. The molecule has 2 saturated heterocycles. The molecule has 2 aromatic carbocycles. The normalized spacial score (nSPS) is 24.7. The van der Waals surface area contributed by atoms with Crippen molar-refractivity contribution in [2.45, 2.75) is 81.1 Å². The number of carboxylic acid groups (broad SMARTS) is 1. The summed E-state index contributed by atoms with van der Waals surface area (Å²) in [7, 11) is 9.54. The highest BCUT2D eigenvalue weighted by atomic mass is 32.2. The number of carbonyl (C=O) groups excluding carboxylic acids is 3. The van der Waals surface area contributed by atoms with Gasteiger partial charge in [0.1, 0.15) is 55.3 Å². The van der Waals surface area contributed by atoms with Crippen molar-refractivity contribution in [3.8, 4) is 22.5 Å². The summed E-state index contributed by atoms with van der Waals surface area (Å²) in [6.45, 7) is 4.48. The number of aromatic carboxylic acids is 1. The van der Waals surface area contributed by atoms with E-state index in [1.54, 1.807) is 19.2 Å². The summed E-state index contributed by atoms with van der Waals surface area (Å²) in [4.78, 5) is 44.8. The molecule has 58 heavy (non-hydrogen) atoms. The number of likely N-dealkylation sites (tertiary alicyclic amines) is 1. The van der Waals surface area contributed by atoms with Gasteiger partial charge in [0.05, 0.1) is 24.1 Å². The number of nitrogens with zero attached hydrogens (tertiary/aromatic N) is 3. The summed E-state index contributed by atoms with van der Waals surface area (Å²) in [5.41, 5.74) is 1.89. The molecule has 3 unspecified atom stereocenters. The maximum atomic E-state index is 14.1. The zero-order valence-electron chi connectivity index (χ0n) is 34.3. The van der Waals surface area contributed by atoms with Crippen LogP contribution >= 0.6 is 11.8 Å². The molecule has 3 aliphatic heterocycles. The molecular formula is C43H55N5O9S. The number of aliphatic hydroxyl groups excluding tert-OH is 3. The number of carbonyl (C=O) groups is 3. The standard InChI is InChI=1S/C43H55N5O9S/c1-9-10-23-17-31(48(7)21-23)41(53)45-35(39-37(50)36(49)38(51)43(57-39)58-8)22(2)44-40(52)24-11-14-27(30(18-24)42(54)55)34-28-15-12-25(46(3)4)19-32(28)56-33-20-26(47(5)6)13-16-29(33)34/h11-16,18-20,22-23,31,35-39,43,49-51H,9-10,17,21H2,1-8H3,(H2-,44,45,52,53,54,55)/t22?,23-,31?,35-,36+,37-,38-,39?,43-/m1/s1. The molecule has 5 N–H and O–H groups in total. The van der Waals surface area contributed by atoms with Crippen molar-refractivity contribution in [2.75, 3.05) is 52.9 Å². The molecule has 0 bridgehead atoms. The first kappa shape index (κ1) is 43.1. The van der Waals surface area contributed by atoms with E-state index in [0.29, 0.717) is 45.8 Å². The fraction of sp³-hybridized carbons (Fsp3) is 0.488. The zero-order chi connectivity index (χ0) is 42.2. The van der Waals surface area contributed by atoms with Gasteiger partial charge in [0.2, 0.25) is 11.3 Å². The Bertz CT molecular complexity index is 2200. The highest BCUT2D eigenvalue weighted by Crippen LogP contribution is 2.42. The van der Waals surface area contributed by atoms with Crippen LogP contribution in [0.1, 0.15) is 53.8 Å². The van der Waals surface area contributed by atoms with Gasteiger partial charge in [-0.2, -0.15) is 0 Å². The molecule has 4 aliphatic rings. The van der Waals surface area contributed by atoms with Gasteiger partial charge in [-0.15, -0.1) is 11.8 Å². The summed E-state index contributed by atoms with van der Waals surface area (Å²) in [5.74, 6) is -1.59. The molecule has 0 aromatic heterocycles. The van der Waals surface area contributed by atoms with Crippen molar-refractivity contribution < 1.29 is 44.0 Å². The number of hydrogen-bond donors (Lipinski definition) is 5. The van der Waals surface area contributed by atoms with Gasteiger partial charge in [-0.25, -0.2) is 4.58 Å². The molecule has 0 spiro atoms. The van der Waals surface area contributed by atoms with Crippen LogP contribution in [-0.2, 0) is 9.53 Å².